The van der Waals surface area contributed by atoms with E-state index in [-0.39, 0.29) is 5.69 Å². The lowest BCUT2D eigenvalue weighted by Crippen LogP contribution is -2.38. The van der Waals surface area contributed by atoms with E-state index in [0.717, 1.165) is 24.7 Å². The van der Waals surface area contributed by atoms with E-state index in [0.29, 0.717) is 43.9 Å². The Morgan fingerprint density at radius 3 is 2.42 bits per heavy atom. The molecule has 8 nitrogen and oxygen atoms in total. The van der Waals surface area contributed by atoms with Crippen molar-refractivity contribution in [3.05, 3.63) is 47.0 Å². The van der Waals surface area contributed by atoms with Crippen LogP contribution in [0.25, 0.3) is 0 Å². The quantitative estimate of drug-likeness (QED) is 0.483. The first-order chi connectivity index (χ1) is 17.0. The van der Waals surface area contributed by atoms with Crippen molar-refractivity contribution in [3.63, 3.8) is 0 Å². The van der Waals surface area contributed by atoms with Crippen molar-refractivity contribution < 1.29 is 35.9 Å². The summed E-state index contributed by atoms with van der Waals surface area (Å²) in [6.07, 6.45) is 0. The molecule has 0 bridgehead atoms. The maximum Gasteiger partial charge on any atom is 0.501 e. The van der Waals surface area contributed by atoms with Gasteiger partial charge in [-0.25, -0.2) is 13.2 Å². The summed E-state index contributed by atoms with van der Waals surface area (Å²) in [7, 11) is -5.69. The highest BCUT2D eigenvalue weighted by atomic mass is 35.5. The number of nitrogens with one attached hydrogen (secondary N) is 2. The van der Waals surface area contributed by atoms with E-state index >= 15 is 0 Å². The molecule has 3 rings (SSSR count). The molecule has 200 valence electrons. The molecule has 0 saturated carbocycles. The summed E-state index contributed by atoms with van der Waals surface area (Å²) in [6, 6.07) is 7.11. The van der Waals surface area contributed by atoms with Gasteiger partial charge in [-0.3, -0.25) is 4.90 Å². The Hall–Kier alpha value is -2.54. The van der Waals surface area contributed by atoms with Crippen molar-refractivity contribution in [2.45, 2.75) is 31.2 Å². The van der Waals surface area contributed by atoms with Gasteiger partial charge in [-0.2, -0.15) is 13.2 Å². The van der Waals surface area contributed by atoms with Crippen molar-refractivity contribution in [1.29, 1.82) is 0 Å². The number of carbonyl (C=O) groups is 1. The first kappa shape index (κ1) is 29.7. The van der Waals surface area contributed by atoms with Gasteiger partial charge < -0.3 is 20.1 Å². The standard InChI is InChI=1S/C21H23ClF3N3O5S.C2H6/c1-14-2-5-17(18(12-14)33-11-8-28-6-9-32-10-7-28)27-20(29)26-15-3-4-16(22)19(13-15)34(30,31)21(23,24)25;1-2/h2-5,12-13H,6-11H2,1H3,(H2,26,27,29);1-2H3. The van der Waals surface area contributed by atoms with Crippen LogP contribution in [0, 0.1) is 6.92 Å². The Balaban J connectivity index is 0.00000222. The smallest absolute Gasteiger partial charge is 0.490 e. The van der Waals surface area contributed by atoms with Gasteiger partial charge in [0, 0.05) is 25.3 Å². The van der Waals surface area contributed by atoms with Crippen LogP contribution < -0.4 is 15.4 Å². The molecule has 1 fully saturated rings. The molecule has 2 aromatic rings. The number of halogens is 4. The average molecular weight is 552 g/mol. The minimum Gasteiger partial charge on any atom is -0.490 e. The molecule has 0 unspecified atom stereocenters. The molecule has 1 heterocycles. The van der Waals surface area contributed by atoms with Crippen LogP contribution in [0.3, 0.4) is 0 Å². The van der Waals surface area contributed by atoms with Crippen LogP contribution in [0.5, 0.6) is 5.75 Å². The summed E-state index contributed by atoms with van der Waals surface area (Å²) in [5, 5.41) is 4.26. The fraction of sp³-hybridized carbons (Fsp3) is 0.435. The Morgan fingerprint density at radius 1 is 1.11 bits per heavy atom. The highest BCUT2D eigenvalue weighted by Crippen LogP contribution is 2.35. The molecule has 1 aliphatic heterocycles. The van der Waals surface area contributed by atoms with E-state index in [1.807, 2.05) is 20.8 Å². The van der Waals surface area contributed by atoms with Crippen molar-refractivity contribution in [1.82, 2.24) is 4.90 Å². The molecule has 0 radical (unpaired) electrons. The molecule has 1 aliphatic rings. The largest absolute Gasteiger partial charge is 0.501 e. The van der Waals surface area contributed by atoms with Crippen LogP contribution in [0.15, 0.2) is 41.3 Å². The van der Waals surface area contributed by atoms with E-state index in [4.69, 9.17) is 21.1 Å². The van der Waals surface area contributed by atoms with Crippen LogP contribution in [0.2, 0.25) is 5.02 Å². The molecular weight excluding hydrogens is 523 g/mol. The van der Waals surface area contributed by atoms with Crippen LogP contribution in [-0.2, 0) is 14.6 Å². The first-order valence-electron chi connectivity index (χ1n) is 11.2. The third kappa shape index (κ3) is 7.99. The molecule has 0 atom stereocenters. The van der Waals surface area contributed by atoms with Crippen LogP contribution >= 0.6 is 11.6 Å². The predicted octanol–water partition coefficient (Wildman–Crippen LogP) is 5.32. The lowest BCUT2D eigenvalue weighted by molar-refractivity contribution is -0.0435. The maximum absolute atomic E-state index is 12.9. The number of sulfone groups is 1. The zero-order valence-electron chi connectivity index (χ0n) is 20.1. The lowest BCUT2D eigenvalue weighted by Gasteiger charge is -2.26. The predicted molar refractivity (Wildman–Crippen MR) is 133 cm³/mol. The number of rotatable bonds is 7. The molecule has 0 spiro atoms. The Morgan fingerprint density at radius 2 is 1.78 bits per heavy atom. The van der Waals surface area contributed by atoms with Gasteiger partial charge >= 0.3 is 11.5 Å². The maximum atomic E-state index is 12.9. The van der Waals surface area contributed by atoms with Gasteiger partial charge in [-0.1, -0.05) is 31.5 Å². The molecular formula is C23H29ClF3N3O5S. The van der Waals surface area contributed by atoms with Crippen LogP contribution in [-0.4, -0.2) is 64.3 Å². The normalized spacial score (nSPS) is 14.4. The van der Waals surface area contributed by atoms with Crippen LogP contribution in [0.1, 0.15) is 19.4 Å². The number of alkyl halides is 3. The van der Waals surface area contributed by atoms with E-state index < -0.39 is 31.3 Å². The Labute approximate surface area is 213 Å². The zero-order valence-corrected chi connectivity index (χ0v) is 21.7. The molecule has 13 heteroatoms. The number of amides is 2. The SMILES string of the molecule is CC.Cc1ccc(NC(=O)Nc2ccc(Cl)c(S(=O)(=O)C(F)(F)F)c2)c(OCCN2CCOCC2)c1. The average Bonchev–Trinajstić information content (AvgIpc) is 2.83. The monoisotopic (exact) mass is 551 g/mol. The summed E-state index contributed by atoms with van der Waals surface area (Å²) in [5.74, 6) is 0.417. The number of morpholine rings is 1. The van der Waals surface area contributed by atoms with E-state index in [1.54, 1.807) is 18.2 Å². The molecule has 2 amide bonds. The molecule has 1 saturated heterocycles. The highest BCUT2D eigenvalue weighted by molar-refractivity contribution is 7.92. The molecule has 2 aromatic carbocycles. The number of nitrogens with zero attached hydrogens (tertiary/aromatic N) is 1. The second kappa shape index (κ2) is 13.1. The van der Waals surface area contributed by atoms with Gasteiger partial charge in [0.1, 0.15) is 12.4 Å². The second-order valence-corrected chi connectivity index (χ2v) is 9.79. The van der Waals surface area contributed by atoms with Crippen LogP contribution in [0.4, 0.5) is 29.3 Å². The van der Waals surface area contributed by atoms with E-state index in [1.165, 1.54) is 6.07 Å². The van der Waals surface area contributed by atoms with E-state index in [9.17, 15) is 26.4 Å². The van der Waals surface area contributed by atoms with Gasteiger partial charge in [0.05, 0.1) is 28.8 Å². The molecule has 36 heavy (non-hydrogen) atoms. The fourth-order valence-electron chi connectivity index (χ4n) is 3.16. The topological polar surface area (TPSA) is 97.0 Å². The third-order valence-electron chi connectivity index (χ3n) is 4.94. The number of ether oxygens (including phenoxy) is 2. The van der Waals surface area contributed by atoms with Crippen molar-refractivity contribution >= 4 is 38.8 Å². The highest BCUT2D eigenvalue weighted by Gasteiger charge is 2.48. The number of benzene rings is 2. The minimum atomic E-state index is -5.69. The minimum absolute atomic E-state index is 0.188. The van der Waals surface area contributed by atoms with Gasteiger partial charge in [0.25, 0.3) is 9.84 Å². The summed E-state index contributed by atoms with van der Waals surface area (Å²) in [5.41, 5.74) is -4.49. The number of hydrogen-bond donors (Lipinski definition) is 2. The van der Waals surface area contributed by atoms with Gasteiger partial charge in [-0.15, -0.1) is 0 Å². The second-order valence-electron chi connectivity index (χ2n) is 7.48. The molecule has 0 aromatic heterocycles. The van der Waals surface area contributed by atoms with Gasteiger partial charge in [0.2, 0.25) is 0 Å². The number of carbonyl (C=O) groups excluding carboxylic acids is 1. The van der Waals surface area contributed by atoms with Crippen molar-refractivity contribution in [2.24, 2.45) is 0 Å². The fourth-order valence-corrected chi connectivity index (χ4v) is 4.44. The third-order valence-corrected chi connectivity index (χ3v) is 6.91. The van der Waals surface area contributed by atoms with Gasteiger partial charge in [0.15, 0.2) is 0 Å². The number of urea groups is 1. The number of anilines is 2. The Bertz CT molecular complexity index is 1140. The lowest BCUT2D eigenvalue weighted by atomic mass is 10.2. The zero-order chi connectivity index (χ0) is 26.9. The summed E-state index contributed by atoms with van der Waals surface area (Å²) < 4.78 is 73.3. The summed E-state index contributed by atoms with van der Waals surface area (Å²) in [6.45, 7) is 9.83. The summed E-state index contributed by atoms with van der Waals surface area (Å²) in [4.78, 5) is 13.5. The first-order valence-corrected chi connectivity index (χ1v) is 13.1. The Kier molecular flexibility index (Phi) is 10.8. The van der Waals surface area contributed by atoms with Crippen molar-refractivity contribution in [2.75, 3.05) is 50.1 Å². The summed E-state index contributed by atoms with van der Waals surface area (Å²) >= 11 is 5.66. The number of aryl methyl sites for hydroxylation is 1. The van der Waals surface area contributed by atoms with E-state index in [2.05, 4.69) is 15.5 Å². The molecule has 0 aliphatic carbocycles. The van der Waals surface area contributed by atoms with Crippen molar-refractivity contribution in [3.8, 4) is 5.75 Å². The molecule has 2 N–H and O–H groups in total. The van der Waals surface area contributed by atoms with Gasteiger partial charge in [-0.05, 0) is 42.8 Å². The number of hydrogen-bond acceptors (Lipinski definition) is 6.